The molecule has 1 saturated heterocycles. The van der Waals surface area contributed by atoms with Gasteiger partial charge in [0.2, 0.25) is 0 Å². The molecule has 0 aromatic heterocycles. The summed E-state index contributed by atoms with van der Waals surface area (Å²) in [5.41, 5.74) is 0. The topological polar surface area (TPSA) is 26.3 Å². The number of ether oxygens (including phenoxy) is 1. The van der Waals surface area contributed by atoms with Crippen molar-refractivity contribution in [1.29, 1.82) is 0 Å². The van der Waals surface area contributed by atoms with Crippen LogP contribution in [-0.2, 0) is 9.53 Å². The molecular weight excluding hydrogens is 200 g/mol. The molecule has 0 aliphatic carbocycles. The minimum absolute atomic E-state index is 0.379. The van der Waals surface area contributed by atoms with E-state index in [0.29, 0.717) is 11.9 Å². The molecule has 2 heteroatoms. The van der Waals surface area contributed by atoms with Gasteiger partial charge in [-0.2, -0.15) is 0 Å². The molecule has 1 heterocycles. The van der Waals surface area contributed by atoms with E-state index < -0.39 is 0 Å². The van der Waals surface area contributed by atoms with Crippen LogP contribution in [0, 0.1) is 0 Å². The van der Waals surface area contributed by atoms with Gasteiger partial charge in [0.25, 0.3) is 0 Å². The second kappa shape index (κ2) is 8.74. The van der Waals surface area contributed by atoms with Crippen molar-refractivity contribution < 1.29 is 9.53 Å². The van der Waals surface area contributed by atoms with E-state index >= 15 is 0 Å². The second-order valence-electron chi connectivity index (χ2n) is 4.88. The van der Waals surface area contributed by atoms with Crippen molar-refractivity contribution in [3.63, 3.8) is 0 Å². The molecule has 0 saturated carbocycles. The second-order valence-corrected chi connectivity index (χ2v) is 4.88. The van der Waals surface area contributed by atoms with E-state index in [1.807, 2.05) is 0 Å². The van der Waals surface area contributed by atoms with Crippen molar-refractivity contribution in [1.82, 2.24) is 0 Å². The van der Waals surface area contributed by atoms with E-state index in [2.05, 4.69) is 6.92 Å². The maximum atomic E-state index is 11.6. The lowest BCUT2D eigenvalue weighted by Crippen LogP contribution is -2.08. The van der Waals surface area contributed by atoms with Gasteiger partial charge < -0.3 is 4.74 Å². The summed E-state index contributed by atoms with van der Waals surface area (Å²) in [5, 5.41) is 0. The molecule has 94 valence electrons. The minimum atomic E-state index is 0.379. The number of carbonyl (C=O) groups is 1. The summed E-state index contributed by atoms with van der Waals surface area (Å²) in [6.45, 7) is 3.11. The SMILES string of the molecule is CCCCCCCC(=O)CCC1CCCO1. The van der Waals surface area contributed by atoms with Gasteiger partial charge in [-0.1, -0.05) is 32.6 Å². The standard InChI is InChI=1S/C14H26O2/c1-2-3-4-5-6-8-13(15)10-11-14-9-7-12-16-14/h14H,2-12H2,1H3. The van der Waals surface area contributed by atoms with Gasteiger partial charge in [0.15, 0.2) is 0 Å². The zero-order valence-electron chi connectivity index (χ0n) is 10.7. The molecule has 1 unspecified atom stereocenters. The van der Waals surface area contributed by atoms with E-state index in [9.17, 15) is 4.79 Å². The first-order valence-electron chi connectivity index (χ1n) is 6.96. The third-order valence-corrected chi connectivity index (χ3v) is 3.33. The minimum Gasteiger partial charge on any atom is -0.378 e. The van der Waals surface area contributed by atoms with E-state index in [4.69, 9.17) is 4.74 Å². The predicted molar refractivity (Wildman–Crippen MR) is 66.6 cm³/mol. The molecule has 0 radical (unpaired) electrons. The third kappa shape index (κ3) is 6.26. The van der Waals surface area contributed by atoms with Gasteiger partial charge in [-0.25, -0.2) is 0 Å². The molecule has 0 amide bonds. The average Bonchev–Trinajstić information content (AvgIpc) is 2.79. The van der Waals surface area contributed by atoms with E-state index in [0.717, 1.165) is 38.7 Å². The highest BCUT2D eigenvalue weighted by molar-refractivity contribution is 5.78. The Bertz CT molecular complexity index is 183. The number of ketones is 1. The lowest BCUT2D eigenvalue weighted by molar-refractivity contribution is -0.119. The summed E-state index contributed by atoms with van der Waals surface area (Å²) in [7, 11) is 0. The van der Waals surface area contributed by atoms with Crippen molar-refractivity contribution >= 4 is 5.78 Å². The first kappa shape index (κ1) is 13.7. The monoisotopic (exact) mass is 226 g/mol. The smallest absolute Gasteiger partial charge is 0.133 e. The molecule has 2 nitrogen and oxygen atoms in total. The average molecular weight is 226 g/mol. The van der Waals surface area contributed by atoms with Crippen LogP contribution in [0.1, 0.15) is 71.1 Å². The molecule has 1 fully saturated rings. The molecule has 1 atom stereocenters. The Morgan fingerprint density at radius 1 is 1.19 bits per heavy atom. The van der Waals surface area contributed by atoms with Gasteiger partial charge in [-0.05, 0) is 25.7 Å². The molecule has 1 aliphatic rings. The fraction of sp³-hybridized carbons (Fsp3) is 0.929. The highest BCUT2D eigenvalue weighted by Crippen LogP contribution is 2.17. The normalized spacial score (nSPS) is 20.2. The number of carbonyl (C=O) groups excluding carboxylic acids is 1. The molecule has 1 aliphatic heterocycles. The number of unbranched alkanes of at least 4 members (excludes halogenated alkanes) is 4. The van der Waals surface area contributed by atoms with Crippen LogP contribution in [0.2, 0.25) is 0 Å². The first-order chi connectivity index (χ1) is 7.83. The number of Topliss-reactive ketones (excluding diaryl/α,β-unsaturated/α-hetero) is 1. The third-order valence-electron chi connectivity index (χ3n) is 3.33. The molecule has 1 rings (SSSR count). The zero-order chi connectivity index (χ0) is 11.6. The maximum absolute atomic E-state index is 11.6. The van der Waals surface area contributed by atoms with Crippen LogP contribution in [0.15, 0.2) is 0 Å². The first-order valence-corrected chi connectivity index (χ1v) is 6.96. The van der Waals surface area contributed by atoms with Crippen LogP contribution in [0.4, 0.5) is 0 Å². The number of hydrogen-bond acceptors (Lipinski definition) is 2. The Labute approximate surface area is 99.8 Å². The molecule has 0 bridgehead atoms. The van der Waals surface area contributed by atoms with Gasteiger partial charge in [-0.3, -0.25) is 4.79 Å². The summed E-state index contributed by atoms with van der Waals surface area (Å²) in [6.07, 6.45) is 11.4. The maximum Gasteiger partial charge on any atom is 0.133 e. The Kier molecular flexibility index (Phi) is 7.48. The van der Waals surface area contributed by atoms with Gasteiger partial charge in [0.1, 0.15) is 5.78 Å². The van der Waals surface area contributed by atoms with Crippen molar-refractivity contribution in [3.8, 4) is 0 Å². The van der Waals surface area contributed by atoms with Crippen molar-refractivity contribution in [2.24, 2.45) is 0 Å². The number of rotatable bonds is 9. The lowest BCUT2D eigenvalue weighted by Gasteiger charge is -2.07. The Balaban J connectivity index is 1.90. The van der Waals surface area contributed by atoms with Crippen molar-refractivity contribution in [2.75, 3.05) is 6.61 Å². The van der Waals surface area contributed by atoms with E-state index in [1.165, 1.54) is 32.1 Å². The van der Waals surface area contributed by atoms with Gasteiger partial charge >= 0.3 is 0 Å². The molecule has 0 N–H and O–H groups in total. The fourth-order valence-electron chi connectivity index (χ4n) is 2.24. The van der Waals surface area contributed by atoms with Crippen LogP contribution >= 0.6 is 0 Å². The van der Waals surface area contributed by atoms with Crippen LogP contribution in [-0.4, -0.2) is 18.5 Å². The Morgan fingerprint density at radius 3 is 2.69 bits per heavy atom. The highest BCUT2D eigenvalue weighted by Gasteiger charge is 2.16. The van der Waals surface area contributed by atoms with Gasteiger partial charge in [0.05, 0.1) is 6.10 Å². The summed E-state index contributed by atoms with van der Waals surface area (Å²) in [5.74, 6) is 0.437. The van der Waals surface area contributed by atoms with Crippen molar-refractivity contribution in [3.05, 3.63) is 0 Å². The summed E-state index contributed by atoms with van der Waals surface area (Å²) in [4.78, 5) is 11.6. The molecular formula is C14H26O2. The molecule has 16 heavy (non-hydrogen) atoms. The molecule has 0 aromatic rings. The highest BCUT2D eigenvalue weighted by atomic mass is 16.5. The summed E-state index contributed by atoms with van der Waals surface area (Å²) >= 11 is 0. The number of hydrogen-bond donors (Lipinski definition) is 0. The molecule has 0 aromatic carbocycles. The van der Waals surface area contributed by atoms with Crippen LogP contribution < -0.4 is 0 Å². The fourth-order valence-corrected chi connectivity index (χ4v) is 2.24. The lowest BCUT2D eigenvalue weighted by atomic mass is 10.0. The summed E-state index contributed by atoms with van der Waals surface area (Å²) in [6, 6.07) is 0. The quantitative estimate of drug-likeness (QED) is 0.558. The zero-order valence-corrected chi connectivity index (χ0v) is 10.7. The summed E-state index contributed by atoms with van der Waals surface area (Å²) < 4.78 is 5.51. The van der Waals surface area contributed by atoms with E-state index in [-0.39, 0.29) is 0 Å². The van der Waals surface area contributed by atoms with Crippen LogP contribution in [0.3, 0.4) is 0 Å². The van der Waals surface area contributed by atoms with Crippen LogP contribution in [0.25, 0.3) is 0 Å². The van der Waals surface area contributed by atoms with Crippen molar-refractivity contribution in [2.45, 2.75) is 77.2 Å². The van der Waals surface area contributed by atoms with Gasteiger partial charge in [0, 0.05) is 19.4 Å². The largest absolute Gasteiger partial charge is 0.378 e. The van der Waals surface area contributed by atoms with Gasteiger partial charge in [-0.15, -0.1) is 0 Å². The predicted octanol–water partition coefficient (Wildman–Crippen LogP) is 3.88. The van der Waals surface area contributed by atoms with Crippen LogP contribution in [0.5, 0.6) is 0 Å². The Hall–Kier alpha value is -0.370. The Morgan fingerprint density at radius 2 is 2.00 bits per heavy atom. The molecule has 0 spiro atoms. The van der Waals surface area contributed by atoms with E-state index in [1.54, 1.807) is 0 Å².